The highest BCUT2D eigenvalue weighted by molar-refractivity contribution is 6.00. The Hall–Kier alpha value is -2.58. The average Bonchev–Trinajstić information content (AvgIpc) is 3.09. The molecule has 2 aliphatic heterocycles. The highest BCUT2D eigenvalue weighted by Gasteiger charge is 2.54. The highest BCUT2D eigenvalue weighted by atomic mass is 19.4. The largest absolute Gasteiger partial charge is 0.481 e. The highest BCUT2D eigenvalue weighted by Crippen LogP contribution is 2.43. The Labute approximate surface area is 185 Å². The second-order valence-corrected chi connectivity index (χ2v) is 8.65. The van der Waals surface area contributed by atoms with E-state index in [1.54, 1.807) is 17.0 Å². The molecule has 32 heavy (non-hydrogen) atoms. The van der Waals surface area contributed by atoms with E-state index in [9.17, 15) is 23.1 Å². The summed E-state index contributed by atoms with van der Waals surface area (Å²) < 4.78 is 43.0. The summed E-state index contributed by atoms with van der Waals surface area (Å²) in [6, 6.07) is 16.1. The first-order valence-electron chi connectivity index (χ1n) is 10.8. The van der Waals surface area contributed by atoms with Crippen molar-refractivity contribution < 1.29 is 27.8 Å². The Bertz CT molecular complexity index is 936. The van der Waals surface area contributed by atoms with Gasteiger partial charge in [0.2, 0.25) is 5.91 Å². The standard InChI is InChI=1S/C24H27F3N2O3/c1-17(24(25,26)27)32-20-9-7-19(8-10-20)29-14-12-23(22(29)31)11-13-28(16-21(23)30)15-18-5-3-2-4-6-18/h2-10,17,21,30H,11-16H2,1H3. The number of nitrogens with zero attached hydrogens (tertiary/aromatic N) is 2. The van der Waals surface area contributed by atoms with Crippen LogP contribution in [0.3, 0.4) is 0 Å². The van der Waals surface area contributed by atoms with Crippen molar-refractivity contribution in [3.8, 4) is 5.75 Å². The third-order valence-corrected chi connectivity index (χ3v) is 6.57. The molecule has 8 heteroatoms. The van der Waals surface area contributed by atoms with Gasteiger partial charge in [-0.3, -0.25) is 9.69 Å². The summed E-state index contributed by atoms with van der Waals surface area (Å²) in [7, 11) is 0. The van der Waals surface area contributed by atoms with E-state index in [0.717, 1.165) is 19.0 Å². The Morgan fingerprint density at radius 3 is 2.38 bits per heavy atom. The molecule has 2 heterocycles. The van der Waals surface area contributed by atoms with Gasteiger partial charge in [0.15, 0.2) is 6.10 Å². The van der Waals surface area contributed by atoms with Crippen LogP contribution in [0.25, 0.3) is 0 Å². The Balaban J connectivity index is 1.40. The number of carbonyl (C=O) groups is 1. The van der Waals surface area contributed by atoms with E-state index in [1.165, 1.54) is 12.1 Å². The van der Waals surface area contributed by atoms with Gasteiger partial charge in [0.1, 0.15) is 5.75 Å². The number of hydrogen-bond donors (Lipinski definition) is 1. The molecule has 2 fully saturated rings. The number of carbonyl (C=O) groups excluding carboxylic acids is 1. The van der Waals surface area contributed by atoms with Crippen molar-refractivity contribution in [2.45, 2.75) is 44.7 Å². The lowest BCUT2D eigenvalue weighted by Crippen LogP contribution is -2.54. The van der Waals surface area contributed by atoms with Crippen LogP contribution in [0.5, 0.6) is 5.75 Å². The summed E-state index contributed by atoms with van der Waals surface area (Å²) in [5.41, 5.74) is 0.947. The molecule has 2 saturated heterocycles. The minimum Gasteiger partial charge on any atom is -0.481 e. The van der Waals surface area contributed by atoms with Crippen LogP contribution in [0.15, 0.2) is 54.6 Å². The van der Waals surface area contributed by atoms with Crippen molar-refractivity contribution >= 4 is 11.6 Å². The first-order chi connectivity index (χ1) is 15.2. The van der Waals surface area contributed by atoms with Gasteiger partial charge in [-0.2, -0.15) is 13.2 Å². The number of hydrogen-bond acceptors (Lipinski definition) is 4. The maximum absolute atomic E-state index is 13.3. The minimum atomic E-state index is -4.44. The van der Waals surface area contributed by atoms with E-state index in [4.69, 9.17) is 4.74 Å². The predicted molar refractivity (Wildman–Crippen MR) is 114 cm³/mol. The quantitative estimate of drug-likeness (QED) is 0.751. The molecule has 0 aromatic heterocycles. The first-order valence-corrected chi connectivity index (χ1v) is 10.8. The maximum atomic E-state index is 13.3. The van der Waals surface area contributed by atoms with Crippen LogP contribution in [0.1, 0.15) is 25.3 Å². The van der Waals surface area contributed by atoms with E-state index >= 15 is 0 Å². The summed E-state index contributed by atoms with van der Waals surface area (Å²) in [6.07, 6.45) is -6.01. The molecule has 0 bridgehead atoms. The molecule has 2 aliphatic rings. The van der Waals surface area contributed by atoms with Crippen molar-refractivity contribution in [2.24, 2.45) is 5.41 Å². The fourth-order valence-electron chi connectivity index (χ4n) is 4.57. The molecule has 3 atom stereocenters. The van der Waals surface area contributed by atoms with Crippen molar-refractivity contribution in [3.05, 3.63) is 60.2 Å². The lowest BCUT2D eigenvalue weighted by Gasteiger charge is -2.42. The second kappa shape index (κ2) is 8.75. The number of aliphatic hydroxyl groups is 1. The van der Waals surface area contributed by atoms with Gasteiger partial charge >= 0.3 is 6.18 Å². The fraction of sp³-hybridized carbons (Fsp3) is 0.458. The molecule has 0 aliphatic carbocycles. The smallest absolute Gasteiger partial charge is 0.425 e. The molecule has 1 amide bonds. The summed E-state index contributed by atoms with van der Waals surface area (Å²) in [5.74, 6) is -0.0316. The first kappa shape index (κ1) is 22.6. The number of piperidine rings is 1. The monoisotopic (exact) mass is 448 g/mol. The normalized spacial score (nSPS) is 25.3. The Kier molecular flexibility index (Phi) is 6.18. The van der Waals surface area contributed by atoms with Crippen LogP contribution in [-0.4, -0.2) is 53.9 Å². The number of alkyl halides is 3. The van der Waals surface area contributed by atoms with E-state index < -0.39 is 23.8 Å². The predicted octanol–water partition coefficient (Wildman–Crippen LogP) is 4.01. The van der Waals surface area contributed by atoms with Gasteiger partial charge < -0.3 is 14.7 Å². The van der Waals surface area contributed by atoms with Gasteiger partial charge in [-0.1, -0.05) is 30.3 Å². The molecule has 4 rings (SSSR count). The SMILES string of the molecule is CC(Oc1ccc(N2CCC3(CCN(Cc4ccccc4)CC3O)C2=O)cc1)C(F)(F)F. The number of amides is 1. The Morgan fingerprint density at radius 1 is 1.09 bits per heavy atom. The summed E-state index contributed by atoms with van der Waals surface area (Å²) >= 11 is 0. The lowest BCUT2D eigenvalue weighted by molar-refractivity contribution is -0.189. The van der Waals surface area contributed by atoms with E-state index in [-0.39, 0.29) is 11.7 Å². The fourth-order valence-corrected chi connectivity index (χ4v) is 4.57. The molecule has 0 saturated carbocycles. The van der Waals surface area contributed by atoms with Crippen molar-refractivity contribution in [3.63, 3.8) is 0 Å². The van der Waals surface area contributed by atoms with Crippen LogP contribution in [-0.2, 0) is 11.3 Å². The lowest BCUT2D eigenvalue weighted by atomic mass is 9.74. The molecule has 1 spiro atoms. The summed E-state index contributed by atoms with van der Waals surface area (Å²) in [5, 5.41) is 10.9. The molecule has 1 N–H and O–H groups in total. The van der Waals surface area contributed by atoms with Gasteiger partial charge in [-0.25, -0.2) is 0 Å². The topological polar surface area (TPSA) is 53.0 Å². The van der Waals surface area contributed by atoms with Gasteiger partial charge in [0.25, 0.3) is 0 Å². The number of β-amino-alcohol motifs (C(OH)–C–C–N with tert-alkyl or cyclic N) is 1. The molecule has 2 aromatic rings. The number of rotatable bonds is 5. The molecule has 0 radical (unpaired) electrons. The van der Waals surface area contributed by atoms with Crippen LogP contribution in [0.2, 0.25) is 0 Å². The van der Waals surface area contributed by atoms with E-state index in [0.29, 0.717) is 38.2 Å². The van der Waals surface area contributed by atoms with Crippen LogP contribution >= 0.6 is 0 Å². The van der Waals surface area contributed by atoms with E-state index in [2.05, 4.69) is 4.90 Å². The molecule has 172 valence electrons. The van der Waals surface area contributed by atoms with Crippen molar-refractivity contribution in [1.29, 1.82) is 0 Å². The number of ether oxygens (including phenoxy) is 1. The van der Waals surface area contributed by atoms with Crippen molar-refractivity contribution in [2.75, 3.05) is 24.5 Å². The second-order valence-electron chi connectivity index (χ2n) is 8.65. The molecule has 2 aromatic carbocycles. The number of anilines is 1. The third kappa shape index (κ3) is 4.47. The number of likely N-dealkylation sites (tertiary alicyclic amines) is 1. The minimum absolute atomic E-state index is 0.0918. The maximum Gasteiger partial charge on any atom is 0.425 e. The number of benzene rings is 2. The zero-order valence-corrected chi connectivity index (χ0v) is 17.9. The van der Waals surface area contributed by atoms with Crippen LogP contribution in [0, 0.1) is 5.41 Å². The van der Waals surface area contributed by atoms with Crippen LogP contribution < -0.4 is 9.64 Å². The van der Waals surface area contributed by atoms with Gasteiger partial charge in [-0.05, 0) is 56.1 Å². The van der Waals surface area contributed by atoms with E-state index in [1.807, 2.05) is 30.3 Å². The number of aliphatic hydroxyl groups excluding tert-OH is 1. The number of halogens is 3. The van der Waals surface area contributed by atoms with Gasteiger partial charge in [0.05, 0.1) is 11.5 Å². The zero-order valence-electron chi connectivity index (χ0n) is 17.9. The molecule has 3 unspecified atom stereocenters. The van der Waals surface area contributed by atoms with Gasteiger partial charge in [0, 0.05) is 25.3 Å². The molecular weight excluding hydrogens is 421 g/mol. The third-order valence-electron chi connectivity index (χ3n) is 6.57. The zero-order chi connectivity index (χ0) is 22.9. The molecular formula is C24H27F3N2O3. The van der Waals surface area contributed by atoms with Crippen LogP contribution in [0.4, 0.5) is 18.9 Å². The van der Waals surface area contributed by atoms with Gasteiger partial charge in [-0.15, -0.1) is 0 Å². The molecule has 5 nitrogen and oxygen atoms in total. The summed E-state index contributed by atoms with van der Waals surface area (Å²) in [4.78, 5) is 17.1. The van der Waals surface area contributed by atoms with Crippen molar-refractivity contribution in [1.82, 2.24) is 4.90 Å². The Morgan fingerprint density at radius 2 is 1.75 bits per heavy atom. The summed E-state index contributed by atoms with van der Waals surface area (Å²) in [6.45, 7) is 3.29. The average molecular weight is 448 g/mol.